The van der Waals surface area contributed by atoms with Crippen LogP contribution >= 0.6 is 0 Å². The van der Waals surface area contributed by atoms with Crippen LogP contribution in [-0.2, 0) is 0 Å². The number of likely N-dealkylation sites (N-methyl/N-ethyl adjacent to an activating group) is 1. The van der Waals surface area contributed by atoms with Crippen LogP contribution in [0.15, 0.2) is 18.2 Å². The van der Waals surface area contributed by atoms with Crippen LogP contribution in [0.2, 0.25) is 0 Å². The number of nitro benzene ring substituents is 1. The summed E-state index contributed by atoms with van der Waals surface area (Å²) >= 11 is 0. The Bertz CT molecular complexity index is 439. The summed E-state index contributed by atoms with van der Waals surface area (Å²) in [4.78, 5) is 11.8. The Kier molecular flexibility index (Phi) is 3.80. The van der Waals surface area contributed by atoms with E-state index >= 15 is 0 Å². The minimum Gasteiger partial charge on any atom is -0.395 e. The van der Waals surface area contributed by atoms with Crippen molar-refractivity contribution in [2.45, 2.75) is 0 Å². The van der Waals surface area contributed by atoms with Crippen LogP contribution in [0, 0.1) is 21.4 Å². The van der Waals surface area contributed by atoms with Gasteiger partial charge in [0.25, 0.3) is 5.69 Å². The quantitative estimate of drug-likeness (QED) is 0.602. The van der Waals surface area contributed by atoms with E-state index < -0.39 is 4.92 Å². The number of aliphatic hydroxyl groups excluding tert-OH is 1. The minimum absolute atomic E-state index is 0.0741. The molecule has 0 atom stereocenters. The lowest BCUT2D eigenvalue weighted by Crippen LogP contribution is -2.22. The predicted molar refractivity (Wildman–Crippen MR) is 58.2 cm³/mol. The van der Waals surface area contributed by atoms with Crippen molar-refractivity contribution in [3.63, 3.8) is 0 Å². The van der Waals surface area contributed by atoms with Crippen LogP contribution in [0.25, 0.3) is 0 Å². The van der Waals surface area contributed by atoms with Crippen molar-refractivity contribution >= 4 is 11.4 Å². The van der Waals surface area contributed by atoms with Crippen molar-refractivity contribution in [3.05, 3.63) is 33.9 Å². The summed E-state index contributed by atoms with van der Waals surface area (Å²) in [6.07, 6.45) is 0. The van der Waals surface area contributed by atoms with E-state index in [4.69, 9.17) is 10.4 Å². The number of hydrogen-bond acceptors (Lipinski definition) is 5. The molecule has 1 N–H and O–H groups in total. The maximum Gasteiger partial charge on any atom is 0.292 e. The molecule has 0 aliphatic rings. The zero-order valence-electron chi connectivity index (χ0n) is 8.75. The molecular formula is C10H11N3O3. The van der Waals surface area contributed by atoms with Crippen molar-refractivity contribution in [2.24, 2.45) is 0 Å². The zero-order chi connectivity index (χ0) is 12.1. The lowest BCUT2D eigenvalue weighted by Gasteiger charge is -2.17. The Morgan fingerprint density at radius 3 is 2.81 bits per heavy atom. The second-order valence-electron chi connectivity index (χ2n) is 3.22. The highest BCUT2D eigenvalue weighted by Gasteiger charge is 2.17. The van der Waals surface area contributed by atoms with Crippen LogP contribution in [0.5, 0.6) is 0 Å². The summed E-state index contributed by atoms with van der Waals surface area (Å²) in [6, 6.07) is 6.05. The number of nitrogens with zero attached hydrogens (tertiary/aromatic N) is 3. The number of rotatable bonds is 4. The summed E-state index contributed by atoms with van der Waals surface area (Å²) in [7, 11) is 1.62. The third kappa shape index (κ3) is 2.46. The molecule has 1 aromatic rings. The van der Waals surface area contributed by atoms with Gasteiger partial charge in [-0.15, -0.1) is 0 Å². The topological polar surface area (TPSA) is 90.4 Å². The lowest BCUT2D eigenvalue weighted by atomic mass is 10.1. The maximum atomic E-state index is 10.8. The molecule has 0 aromatic heterocycles. The first kappa shape index (κ1) is 11.9. The summed E-state index contributed by atoms with van der Waals surface area (Å²) in [5, 5.41) is 28.3. The van der Waals surface area contributed by atoms with Gasteiger partial charge in [0.2, 0.25) is 0 Å². The fourth-order valence-electron chi connectivity index (χ4n) is 1.32. The van der Waals surface area contributed by atoms with Crippen LogP contribution in [0.4, 0.5) is 11.4 Å². The Labute approximate surface area is 92.5 Å². The molecule has 0 aliphatic carbocycles. The number of nitriles is 1. The van der Waals surface area contributed by atoms with E-state index in [1.807, 2.05) is 6.07 Å². The molecule has 0 saturated carbocycles. The van der Waals surface area contributed by atoms with Crippen molar-refractivity contribution in [1.82, 2.24) is 0 Å². The first-order chi connectivity index (χ1) is 7.60. The van der Waals surface area contributed by atoms with Gasteiger partial charge >= 0.3 is 0 Å². The van der Waals surface area contributed by atoms with Crippen molar-refractivity contribution in [3.8, 4) is 6.07 Å². The number of anilines is 1. The molecule has 84 valence electrons. The summed E-state index contributed by atoms with van der Waals surface area (Å²) in [5.41, 5.74) is 0.610. The number of aliphatic hydroxyl groups is 1. The summed E-state index contributed by atoms with van der Waals surface area (Å²) in [5.74, 6) is 0. The molecule has 0 bridgehead atoms. The van der Waals surface area contributed by atoms with Crippen LogP contribution in [0.3, 0.4) is 0 Å². The van der Waals surface area contributed by atoms with Gasteiger partial charge < -0.3 is 10.0 Å². The van der Waals surface area contributed by atoms with Crippen molar-refractivity contribution < 1.29 is 10.0 Å². The van der Waals surface area contributed by atoms with E-state index in [9.17, 15) is 10.1 Å². The summed E-state index contributed by atoms with van der Waals surface area (Å²) < 4.78 is 0. The molecule has 0 heterocycles. The monoisotopic (exact) mass is 221 g/mol. The van der Waals surface area contributed by atoms with Gasteiger partial charge in [0.15, 0.2) is 0 Å². The number of nitro groups is 1. The Morgan fingerprint density at radius 1 is 1.62 bits per heavy atom. The molecule has 0 fully saturated rings. The average Bonchev–Trinajstić information content (AvgIpc) is 2.28. The van der Waals surface area contributed by atoms with Crippen molar-refractivity contribution in [1.29, 1.82) is 5.26 Å². The standard InChI is InChI=1S/C10H11N3O3/c1-12(4-5-14)10-6-8(7-11)2-3-9(10)13(15)16/h2-3,6,14H,4-5H2,1H3. The molecule has 0 radical (unpaired) electrons. The molecule has 0 unspecified atom stereocenters. The Morgan fingerprint density at radius 2 is 2.31 bits per heavy atom. The molecular weight excluding hydrogens is 210 g/mol. The van der Waals surface area contributed by atoms with Crippen LogP contribution < -0.4 is 4.90 Å². The van der Waals surface area contributed by atoms with Gasteiger partial charge in [0.1, 0.15) is 5.69 Å². The van der Waals surface area contributed by atoms with Gasteiger partial charge in [-0.25, -0.2) is 0 Å². The first-order valence-corrected chi connectivity index (χ1v) is 4.60. The fraction of sp³-hybridized carbons (Fsp3) is 0.300. The van der Waals surface area contributed by atoms with Gasteiger partial charge in [-0.05, 0) is 12.1 Å². The molecule has 6 heteroatoms. The molecule has 0 saturated heterocycles. The largest absolute Gasteiger partial charge is 0.395 e. The highest BCUT2D eigenvalue weighted by molar-refractivity contribution is 5.65. The normalized spacial score (nSPS) is 9.56. The second-order valence-corrected chi connectivity index (χ2v) is 3.22. The Balaban J connectivity index is 3.21. The third-order valence-corrected chi connectivity index (χ3v) is 2.15. The average molecular weight is 221 g/mol. The highest BCUT2D eigenvalue weighted by Crippen LogP contribution is 2.27. The molecule has 6 nitrogen and oxygen atoms in total. The van der Waals surface area contributed by atoms with Gasteiger partial charge in [-0.1, -0.05) is 0 Å². The SMILES string of the molecule is CN(CCO)c1cc(C#N)ccc1[N+](=O)[O-]. The number of benzene rings is 1. The van der Waals surface area contributed by atoms with E-state index in [2.05, 4.69) is 0 Å². The zero-order valence-corrected chi connectivity index (χ0v) is 8.75. The molecule has 16 heavy (non-hydrogen) atoms. The second kappa shape index (κ2) is 5.09. The molecule has 0 spiro atoms. The molecule has 0 aliphatic heterocycles. The van der Waals surface area contributed by atoms with E-state index in [1.165, 1.54) is 18.2 Å². The van der Waals surface area contributed by atoms with Crippen LogP contribution in [-0.4, -0.2) is 30.2 Å². The predicted octanol–water partition coefficient (Wildman–Crippen LogP) is 0.895. The van der Waals surface area contributed by atoms with E-state index in [0.717, 1.165) is 0 Å². The van der Waals surface area contributed by atoms with E-state index in [-0.39, 0.29) is 18.8 Å². The lowest BCUT2D eigenvalue weighted by molar-refractivity contribution is -0.384. The van der Waals surface area contributed by atoms with E-state index in [0.29, 0.717) is 11.3 Å². The van der Waals surface area contributed by atoms with Gasteiger partial charge in [0, 0.05) is 19.7 Å². The fourth-order valence-corrected chi connectivity index (χ4v) is 1.32. The smallest absolute Gasteiger partial charge is 0.292 e. The van der Waals surface area contributed by atoms with Crippen LogP contribution in [0.1, 0.15) is 5.56 Å². The summed E-state index contributed by atoms with van der Waals surface area (Å²) in [6.45, 7) is 0.167. The third-order valence-electron chi connectivity index (χ3n) is 2.15. The molecule has 0 amide bonds. The van der Waals surface area contributed by atoms with E-state index in [1.54, 1.807) is 11.9 Å². The van der Waals surface area contributed by atoms with Crippen molar-refractivity contribution in [2.75, 3.05) is 25.1 Å². The Hall–Kier alpha value is -2.13. The minimum atomic E-state index is -0.510. The van der Waals surface area contributed by atoms with Gasteiger partial charge in [-0.3, -0.25) is 10.1 Å². The number of hydrogen-bond donors (Lipinski definition) is 1. The van der Waals surface area contributed by atoms with Gasteiger partial charge in [0.05, 0.1) is 23.2 Å². The molecule has 1 rings (SSSR count). The molecule has 1 aromatic carbocycles. The van der Waals surface area contributed by atoms with Gasteiger partial charge in [-0.2, -0.15) is 5.26 Å². The highest BCUT2D eigenvalue weighted by atomic mass is 16.6. The first-order valence-electron chi connectivity index (χ1n) is 4.60. The maximum absolute atomic E-state index is 10.8.